The van der Waals surface area contributed by atoms with Gasteiger partial charge < -0.3 is 20.4 Å². The fraction of sp³-hybridized carbons (Fsp3) is 0.286. The number of aliphatic hydroxyl groups is 4. The molecule has 0 aliphatic rings. The van der Waals surface area contributed by atoms with Gasteiger partial charge in [-0.15, -0.1) is 49.4 Å². The molecule has 0 aromatic heterocycles. The number of rotatable bonds is 8. The van der Waals surface area contributed by atoms with Crippen LogP contribution in [0.5, 0.6) is 0 Å². The first-order valence-corrected chi connectivity index (χ1v) is 10.0. The second-order valence-corrected chi connectivity index (χ2v) is 7.04. The minimum Gasteiger partial charge on any atom is -0.387 e. The number of hydrogen-bond acceptors (Lipinski definition) is 4. The zero-order valence-electron chi connectivity index (χ0n) is 17.9. The van der Waals surface area contributed by atoms with Gasteiger partial charge in [0.2, 0.25) is 0 Å². The Morgan fingerprint density at radius 2 is 0.719 bits per heavy atom. The van der Waals surface area contributed by atoms with Crippen LogP contribution in [0.15, 0.2) is 48.5 Å². The molecule has 4 nitrogen and oxygen atoms in total. The normalized spacial score (nSPS) is 13.5. The average molecular weight is 429 g/mol. The summed E-state index contributed by atoms with van der Waals surface area (Å²) in [7, 11) is 0. The second kappa shape index (κ2) is 14.5. The van der Waals surface area contributed by atoms with E-state index in [1.165, 1.54) is 0 Å². The van der Waals surface area contributed by atoms with Crippen LogP contribution in [0.4, 0.5) is 0 Å². The molecule has 164 valence electrons. The first-order chi connectivity index (χ1) is 15.4. The van der Waals surface area contributed by atoms with E-state index in [0.717, 1.165) is 0 Å². The Hall–Kier alpha value is -3.48. The smallest absolute Gasteiger partial charge is 0.0899 e. The third-order valence-corrected chi connectivity index (χ3v) is 4.61. The maximum atomic E-state index is 9.69. The third-order valence-electron chi connectivity index (χ3n) is 4.61. The van der Waals surface area contributed by atoms with Crippen molar-refractivity contribution in [2.75, 3.05) is 0 Å². The topological polar surface area (TPSA) is 80.9 Å². The Balaban J connectivity index is 0.000000320. The zero-order chi connectivity index (χ0) is 23.9. The fourth-order valence-electron chi connectivity index (χ4n) is 2.87. The van der Waals surface area contributed by atoms with Crippen LogP contribution in [0.1, 0.15) is 72.4 Å². The summed E-state index contributed by atoms with van der Waals surface area (Å²) in [6.07, 6.45) is 18.8. The molecular weight excluding hydrogens is 400 g/mol. The Labute approximate surface area is 191 Å². The van der Waals surface area contributed by atoms with Gasteiger partial charge >= 0.3 is 0 Å². The lowest BCUT2D eigenvalue weighted by atomic mass is 10.00. The predicted octanol–water partition coefficient (Wildman–Crippen LogP) is 3.60. The monoisotopic (exact) mass is 428 g/mol. The van der Waals surface area contributed by atoms with Gasteiger partial charge in [-0.1, -0.05) is 48.5 Å². The highest BCUT2D eigenvalue weighted by Gasteiger charge is 2.11. The van der Waals surface area contributed by atoms with Gasteiger partial charge in [-0.3, -0.25) is 0 Å². The number of hydrogen-bond donors (Lipinski definition) is 4. The first kappa shape index (κ1) is 26.6. The highest BCUT2D eigenvalue weighted by atomic mass is 16.3. The highest BCUT2D eigenvalue weighted by molar-refractivity contribution is 5.29. The Morgan fingerprint density at radius 1 is 0.500 bits per heavy atom. The lowest BCUT2D eigenvalue weighted by Gasteiger charge is -2.12. The van der Waals surface area contributed by atoms with Gasteiger partial charge in [-0.2, -0.15) is 0 Å². The maximum absolute atomic E-state index is 9.69. The average Bonchev–Trinajstić information content (AvgIpc) is 2.80. The van der Waals surface area contributed by atoms with E-state index in [-0.39, 0.29) is 25.7 Å². The van der Waals surface area contributed by atoms with E-state index in [1.54, 1.807) is 48.5 Å². The van der Waals surface area contributed by atoms with Crippen molar-refractivity contribution >= 4 is 0 Å². The van der Waals surface area contributed by atoms with E-state index in [4.69, 9.17) is 25.7 Å². The second-order valence-electron chi connectivity index (χ2n) is 7.04. The van der Waals surface area contributed by atoms with Gasteiger partial charge in [-0.25, -0.2) is 0 Å². The summed E-state index contributed by atoms with van der Waals surface area (Å²) in [5.41, 5.74) is 2.80. The predicted molar refractivity (Wildman–Crippen MR) is 127 cm³/mol. The minimum atomic E-state index is -0.692. The van der Waals surface area contributed by atoms with Gasteiger partial charge in [0.25, 0.3) is 0 Å². The molecule has 2 aromatic carbocycles. The lowest BCUT2D eigenvalue weighted by molar-refractivity contribution is 0.176. The van der Waals surface area contributed by atoms with Gasteiger partial charge in [0.1, 0.15) is 0 Å². The third kappa shape index (κ3) is 8.71. The summed E-state index contributed by atoms with van der Waals surface area (Å²) in [5.74, 6) is 9.58. The summed E-state index contributed by atoms with van der Waals surface area (Å²) in [5, 5.41) is 38.8. The van der Waals surface area contributed by atoms with Crippen molar-refractivity contribution in [3.63, 3.8) is 0 Å². The van der Waals surface area contributed by atoms with Gasteiger partial charge in [0, 0.05) is 25.7 Å². The molecule has 0 radical (unpaired) electrons. The van der Waals surface area contributed by atoms with Crippen LogP contribution in [0, 0.1) is 49.4 Å². The van der Waals surface area contributed by atoms with E-state index < -0.39 is 24.4 Å². The van der Waals surface area contributed by atoms with Crippen LogP contribution in [-0.2, 0) is 0 Å². The Kier molecular flexibility index (Phi) is 12.0. The highest BCUT2D eigenvalue weighted by Crippen LogP contribution is 2.23. The van der Waals surface area contributed by atoms with Crippen molar-refractivity contribution < 1.29 is 20.4 Å². The van der Waals surface area contributed by atoms with E-state index in [1.807, 2.05) is 0 Å². The van der Waals surface area contributed by atoms with Crippen molar-refractivity contribution in [1.29, 1.82) is 0 Å². The molecule has 0 heterocycles. The van der Waals surface area contributed by atoms with Crippen LogP contribution in [0.2, 0.25) is 0 Å². The summed E-state index contributed by atoms with van der Waals surface area (Å²) in [4.78, 5) is 0. The molecule has 2 rings (SSSR count). The van der Waals surface area contributed by atoms with Crippen LogP contribution < -0.4 is 0 Å². The van der Waals surface area contributed by atoms with Crippen LogP contribution in [0.25, 0.3) is 0 Å². The quantitative estimate of drug-likeness (QED) is 0.485. The molecule has 0 fully saturated rings. The van der Waals surface area contributed by atoms with Gasteiger partial charge in [-0.05, 0) is 22.3 Å². The van der Waals surface area contributed by atoms with Crippen LogP contribution >= 0.6 is 0 Å². The van der Waals surface area contributed by atoms with Crippen molar-refractivity contribution in [2.45, 2.75) is 50.1 Å². The van der Waals surface area contributed by atoms with Crippen LogP contribution in [0.3, 0.4) is 0 Å². The van der Waals surface area contributed by atoms with Gasteiger partial charge in [0.15, 0.2) is 0 Å². The standard InChI is InChI=1S/2C14H14O2/c2*1-3-6-13(15)11-8-5-9-12(10-11)14(16)7-4-2/h2*1-2,5,8-10,13-16H,6-7H2/t2*13-,14+. The molecule has 0 saturated heterocycles. The molecule has 0 saturated carbocycles. The maximum Gasteiger partial charge on any atom is 0.0899 e. The molecule has 4 atom stereocenters. The minimum absolute atomic E-state index is 0.259. The Morgan fingerprint density at radius 3 is 0.906 bits per heavy atom. The summed E-state index contributed by atoms with van der Waals surface area (Å²) >= 11 is 0. The van der Waals surface area contributed by atoms with Crippen molar-refractivity contribution in [1.82, 2.24) is 0 Å². The molecular formula is C28H28O4. The fourth-order valence-corrected chi connectivity index (χ4v) is 2.87. The van der Waals surface area contributed by atoms with Crippen molar-refractivity contribution in [3.05, 3.63) is 70.8 Å². The van der Waals surface area contributed by atoms with E-state index in [9.17, 15) is 20.4 Å². The van der Waals surface area contributed by atoms with E-state index in [0.29, 0.717) is 22.3 Å². The number of benzene rings is 2. The molecule has 0 spiro atoms. The molecule has 0 unspecified atom stereocenters. The van der Waals surface area contributed by atoms with E-state index in [2.05, 4.69) is 23.7 Å². The largest absolute Gasteiger partial charge is 0.387 e. The van der Waals surface area contributed by atoms with Gasteiger partial charge in [0.05, 0.1) is 24.4 Å². The SMILES string of the molecule is C#CC[C@@H](O)c1cccc([C@@H](O)CC#C)c1.C#CC[C@@H](O)c1cccc([C@@H](O)CC#C)c1. The lowest BCUT2D eigenvalue weighted by Crippen LogP contribution is -2.00. The summed E-state index contributed by atoms with van der Waals surface area (Å²) in [6, 6.07) is 14.1. The van der Waals surface area contributed by atoms with Crippen molar-refractivity contribution in [3.8, 4) is 49.4 Å². The summed E-state index contributed by atoms with van der Waals surface area (Å²) in [6.45, 7) is 0. The molecule has 0 aliphatic carbocycles. The van der Waals surface area contributed by atoms with E-state index >= 15 is 0 Å². The molecule has 4 heteroatoms. The first-order valence-electron chi connectivity index (χ1n) is 10.0. The molecule has 0 bridgehead atoms. The molecule has 4 N–H and O–H groups in total. The molecule has 32 heavy (non-hydrogen) atoms. The van der Waals surface area contributed by atoms with Crippen molar-refractivity contribution in [2.24, 2.45) is 0 Å². The zero-order valence-corrected chi connectivity index (χ0v) is 17.9. The molecule has 0 aliphatic heterocycles. The number of terminal acetylenes is 4. The molecule has 2 aromatic rings. The molecule has 0 amide bonds. The Bertz CT molecular complexity index is 855. The number of aliphatic hydroxyl groups excluding tert-OH is 4. The van der Waals surface area contributed by atoms with Crippen LogP contribution in [-0.4, -0.2) is 20.4 Å². The summed E-state index contributed by atoms with van der Waals surface area (Å²) < 4.78 is 0.